The lowest BCUT2D eigenvalue weighted by Crippen LogP contribution is -2.41. The average Bonchev–Trinajstić information content (AvgIpc) is 2.84. The van der Waals surface area contributed by atoms with Gasteiger partial charge in [-0.15, -0.1) is 0 Å². The Morgan fingerprint density at radius 2 is 1.96 bits per heavy atom. The highest BCUT2D eigenvalue weighted by molar-refractivity contribution is 5.96. The number of rotatable bonds is 6. The zero-order chi connectivity index (χ0) is 18.7. The lowest BCUT2D eigenvalue weighted by molar-refractivity contribution is -0.139. The second-order valence-corrected chi connectivity index (χ2v) is 6.50. The summed E-state index contributed by atoms with van der Waals surface area (Å²) >= 11 is 0. The number of amides is 1. The van der Waals surface area contributed by atoms with Crippen LogP contribution in [0.4, 0.5) is 4.39 Å². The molecular weight excluding hydrogens is 325 g/mol. The molecule has 0 spiro atoms. The molecule has 0 saturated heterocycles. The zero-order valence-corrected chi connectivity index (χ0v) is 14.7. The van der Waals surface area contributed by atoms with Gasteiger partial charge in [-0.1, -0.05) is 13.8 Å². The summed E-state index contributed by atoms with van der Waals surface area (Å²) in [6.07, 6.45) is 0.299. The number of carboxylic acids is 1. The highest BCUT2D eigenvalue weighted by atomic mass is 19.1. The van der Waals surface area contributed by atoms with Gasteiger partial charge in [0.1, 0.15) is 17.5 Å². The summed E-state index contributed by atoms with van der Waals surface area (Å²) in [5, 5.41) is 15.9. The van der Waals surface area contributed by atoms with Crippen LogP contribution < -0.4 is 5.32 Å². The van der Waals surface area contributed by atoms with Gasteiger partial charge in [0.15, 0.2) is 0 Å². The van der Waals surface area contributed by atoms with Crippen LogP contribution in [-0.2, 0) is 4.79 Å². The maximum Gasteiger partial charge on any atom is 0.326 e. The van der Waals surface area contributed by atoms with E-state index in [1.165, 1.54) is 16.8 Å². The molecule has 0 unspecified atom stereocenters. The average molecular weight is 347 g/mol. The Hall–Kier alpha value is -2.70. The van der Waals surface area contributed by atoms with Crippen LogP contribution in [0.25, 0.3) is 5.69 Å². The molecule has 2 N–H and O–H groups in total. The molecule has 1 aromatic carbocycles. The Morgan fingerprint density at radius 1 is 1.28 bits per heavy atom. The number of benzene rings is 1. The molecule has 2 aromatic rings. The SMILES string of the molecule is Cc1cc(C)n(-c2ccc(C(=O)N[C@@H](CC(C)C)C(=O)O)cc2F)n1. The van der Waals surface area contributed by atoms with Crippen LogP contribution in [0.15, 0.2) is 24.3 Å². The van der Waals surface area contributed by atoms with Crippen molar-refractivity contribution in [3.63, 3.8) is 0 Å². The Kier molecular flexibility index (Phi) is 5.56. The first kappa shape index (κ1) is 18.6. The molecule has 1 amide bonds. The molecule has 1 aromatic heterocycles. The van der Waals surface area contributed by atoms with Crippen molar-refractivity contribution in [2.45, 2.75) is 40.2 Å². The molecule has 1 atom stereocenters. The van der Waals surface area contributed by atoms with Crippen molar-refractivity contribution in [2.75, 3.05) is 0 Å². The molecule has 0 bridgehead atoms. The van der Waals surface area contributed by atoms with E-state index in [-0.39, 0.29) is 17.2 Å². The minimum absolute atomic E-state index is 0.0674. The summed E-state index contributed by atoms with van der Waals surface area (Å²) in [4.78, 5) is 23.5. The van der Waals surface area contributed by atoms with Crippen LogP contribution >= 0.6 is 0 Å². The van der Waals surface area contributed by atoms with Gasteiger partial charge in [0.25, 0.3) is 5.91 Å². The zero-order valence-electron chi connectivity index (χ0n) is 14.7. The smallest absolute Gasteiger partial charge is 0.326 e. The molecule has 7 heteroatoms. The first-order valence-corrected chi connectivity index (χ1v) is 8.06. The molecule has 6 nitrogen and oxygen atoms in total. The molecule has 0 radical (unpaired) electrons. The van der Waals surface area contributed by atoms with E-state index in [4.69, 9.17) is 0 Å². The van der Waals surface area contributed by atoms with Gasteiger partial charge in [-0.3, -0.25) is 4.79 Å². The number of carbonyl (C=O) groups is 2. The van der Waals surface area contributed by atoms with Crippen LogP contribution in [0, 0.1) is 25.6 Å². The third kappa shape index (κ3) is 4.43. The summed E-state index contributed by atoms with van der Waals surface area (Å²) in [5.41, 5.74) is 1.84. The minimum Gasteiger partial charge on any atom is -0.480 e. The van der Waals surface area contributed by atoms with E-state index in [0.717, 1.165) is 17.5 Å². The molecule has 0 aliphatic heterocycles. The number of halogens is 1. The lowest BCUT2D eigenvalue weighted by Gasteiger charge is -2.16. The molecule has 0 fully saturated rings. The highest BCUT2D eigenvalue weighted by Gasteiger charge is 2.22. The molecular formula is C18H22FN3O3. The van der Waals surface area contributed by atoms with Gasteiger partial charge in [0, 0.05) is 11.3 Å². The number of hydrogen-bond acceptors (Lipinski definition) is 3. The summed E-state index contributed by atoms with van der Waals surface area (Å²) in [6.45, 7) is 7.35. The molecule has 0 aliphatic carbocycles. The van der Waals surface area contributed by atoms with Gasteiger partial charge >= 0.3 is 5.97 Å². The van der Waals surface area contributed by atoms with Gasteiger partial charge in [-0.05, 0) is 50.5 Å². The lowest BCUT2D eigenvalue weighted by atomic mass is 10.0. The fraction of sp³-hybridized carbons (Fsp3) is 0.389. The first-order chi connectivity index (χ1) is 11.7. The number of carboxylic acid groups (broad SMARTS) is 1. The fourth-order valence-corrected chi connectivity index (χ4v) is 2.63. The van der Waals surface area contributed by atoms with Crippen molar-refractivity contribution < 1.29 is 19.1 Å². The third-order valence-electron chi connectivity index (χ3n) is 3.76. The highest BCUT2D eigenvalue weighted by Crippen LogP contribution is 2.18. The van der Waals surface area contributed by atoms with Crippen molar-refractivity contribution in [3.05, 3.63) is 47.0 Å². The number of aliphatic carboxylic acids is 1. The number of aromatic nitrogens is 2. The van der Waals surface area contributed by atoms with Crippen molar-refractivity contribution >= 4 is 11.9 Å². The third-order valence-corrected chi connectivity index (χ3v) is 3.76. The van der Waals surface area contributed by atoms with E-state index < -0.39 is 23.7 Å². The molecule has 2 rings (SSSR count). The van der Waals surface area contributed by atoms with E-state index >= 15 is 0 Å². The van der Waals surface area contributed by atoms with Gasteiger partial charge in [0.05, 0.1) is 5.69 Å². The predicted octanol–water partition coefficient (Wildman–Crippen LogP) is 2.86. The van der Waals surface area contributed by atoms with Crippen molar-refractivity contribution in [2.24, 2.45) is 5.92 Å². The maximum atomic E-state index is 14.4. The van der Waals surface area contributed by atoms with E-state index in [2.05, 4.69) is 10.4 Å². The summed E-state index contributed by atoms with van der Waals surface area (Å²) in [7, 11) is 0. The molecule has 1 heterocycles. The second-order valence-electron chi connectivity index (χ2n) is 6.50. The van der Waals surface area contributed by atoms with Crippen LogP contribution in [0.5, 0.6) is 0 Å². The van der Waals surface area contributed by atoms with Gasteiger partial charge < -0.3 is 10.4 Å². The van der Waals surface area contributed by atoms with E-state index in [0.29, 0.717) is 6.42 Å². The van der Waals surface area contributed by atoms with E-state index in [9.17, 15) is 19.1 Å². The maximum absolute atomic E-state index is 14.4. The Labute approximate surface area is 145 Å². The van der Waals surface area contributed by atoms with E-state index in [1.54, 1.807) is 0 Å². The summed E-state index contributed by atoms with van der Waals surface area (Å²) in [5.74, 6) is -2.23. The quantitative estimate of drug-likeness (QED) is 0.841. The van der Waals surface area contributed by atoms with Crippen LogP contribution in [0.3, 0.4) is 0 Å². The standard InChI is InChI=1S/C18H22FN3O3/c1-10(2)7-15(18(24)25)20-17(23)13-5-6-16(14(19)9-13)22-12(4)8-11(3)21-22/h5-6,8-10,15H,7H2,1-4H3,(H,20,23)(H,24,25)/t15-/m0/s1. The summed E-state index contributed by atoms with van der Waals surface area (Å²) < 4.78 is 15.9. The van der Waals surface area contributed by atoms with Gasteiger partial charge in [0.2, 0.25) is 0 Å². The number of nitrogens with one attached hydrogen (secondary N) is 1. The normalized spacial score (nSPS) is 12.2. The Morgan fingerprint density at radius 3 is 2.44 bits per heavy atom. The van der Waals surface area contributed by atoms with Crippen molar-refractivity contribution in [3.8, 4) is 5.69 Å². The largest absolute Gasteiger partial charge is 0.480 e. The van der Waals surface area contributed by atoms with Gasteiger partial charge in [-0.2, -0.15) is 5.10 Å². The second kappa shape index (κ2) is 7.46. The summed E-state index contributed by atoms with van der Waals surface area (Å²) in [6, 6.07) is 4.82. The van der Waals surface area contributed by atoms with Crippen LogP contribution in [0.2, 0.25) is 0 Å². The van der Waals surface area contributed by atoms with Crippen molar-refractivity contribution in [1.82, 2.24) is 15.1 Å². The number of nitrogens with zero attached hydrogens (tertiary/aromatic N) is 2. The molecule has 0 saturated carbocycles. The topological polar surface area (TPSA) is 84.2 Å². The Balaban J connectivity index is 2.23. The van der Waals surface area contributed by atoms with Crippen LogP contribution in [-0.4, -0.2) is 32.8 Å². The first-order valence-electron chi connectivity index (χ1n) is 8.06. The number of carbonyl (C=O) groups excluding carboxylic acids is 1. The Bertz CT molecular complexity index is 799. The molecule has 0 aliphatic rings. The van der Waals surface area contributed by atoms with Gasteiger partial charge in [-0.25, -0.2) is 13.9 Å². The number of aryl methyl sites for hydroxylation is 2. The number of hydrogen-bond donors (Lipinski definition) is 2. The fourth-order valence-electron chi connectivity index (χ4n) is 2.63. The monoisotopic (exact) mass is 347 g/mol. The minimum atomic E-state index is -1.11. The van der Waals surface area contributed by atoms with Crippen LogP contribution in [0.1, 0.15) is 42.0 Å². The predicted molar refractivity (Wildman–Crippen MR) is 91.3 cm³/mol. The van der Waals surface area contributed by atoms with Crippen molar-refractivity contribution in [1.29, 1.82) is 0 Å². The molecule has 25 heavy (non-hydrogen) atoms. The van der Waals surface area contributed by atoms with E-state index in [1.807, 2.05) is 33.8 Å². The molecule has 134 valence electrons.